The van der Waals surface area contributed by atoms with Gasteiger partial charge in [0.15, 0.2) is 0 Å². The van der Waals surface area contributed by atoms with Crippen LogP contribution >= 0.6 is 0 Å². The molecule has 0 aromatic heterocycles. The number of alkyl halides is 3. The van der Waals surface area contributed by atoms with Crippen LogP contribution in [0.1, 0.15) is 49.6 Å². The summed E-state index contributed by atoms with van der Waals surface area (Å²) < 4.78 is 63.0. The summed E-state index contributed by atoms with van der Waals surface area (Å²) >= 11 is 0. The van der Waals surface area contributed by atoms with Gasteiger partial charge in [-0.1, -0.05) is 32.0 Å². The molecule has 0 aliphatic carbocycles. The van der Waals surface area contributed by atoms with Gasteiger partial charge in [0, 0.05) is 39.7 Å². The number of benzene rings is 2. The van der Waals surface area contributed by atoms with Gasteiger partial charge in [-0.3, -0.25) is 9.59 Å². The zero-order chi connectivity index (χ0) is 26.6. The Morgan fingerprint density at radius 1 is 1.08 bits per heavy atom. The highest BCUT2D eigenvalue weighted by atomic mass is 32.2. The zero-order valence-corrected chi connectivity index (χ0v) is 21.0. The van der Waals surface area contributed by atoms with Crippen LogP contribution in [0, 0.1) is 5.41 Å². The molecular weight excluding hydrogens is 495 g/mol. The molecule has 2 fully saturated rings. The number of carbonyl (C=O) groups is 2. The molecule has 0 atom stereocenters. The van der Waals surface area contributed by atoms with Crippen LogP contribution in [0.2, 0.25) is 0 Å². The minimum absolute atomic E-state index is 0. The number of nitrogens with one attached hydrogen (secondary N) is 1. The van der Waals surface area contributed by atoms with E-state index >= 15 is 0 Å². The normalized spacial score (nSPS) is 17.5. The molecule has 2 aromatic rings. The maximum absolute atomic E-state index is 12.6. The number of hydrogen-bond donors (Lipinski definition) is 1. The molecule has 0 spiro atoms. The van der Waals surface area contributed by atoms with Gasteiger partial charge in [-0.05, 0) is 54.2 Å². The first kappa shape index (κ1) is 27.7. The minimum atomic E-state index is -4.31. The molecule has 0 radical (unpaired) electrons. The standard InChI is InChI=1S/C16H22N2O3S.C9H8F3NO.H2/c1-16(2)11-18(12-16)22(20,21)14-7-5-6-13(10-14)15(19)17-8-3-4-9-17;10-9(11,12)8-3-1-7(2-4-8)5-13-6-14;/h5-7,10H,3-4,8-9,11-12H2,1-2H3;1-4,6H,5H2,(H,13,14);1H. The summed E-state index contributed by atoms with van der Waals surface area (Å²) in [5.41, 5.74) is 0.441. The van der Waals surface area contributed by atoms with Gasteiger partial charge in [-0.25, -0.2) is 8.42 Å². The Kier molecular flexibility index (Phi) is 8.45. The van der Waals surface area contributed by atoms with E-state index in [1.54, 1.807) is 23.1 Å². The average molecular weight is 528 g/mol. The van der Waals surface area contributed by atoms with Crippen LogP contribution < -0.4 is 5.32 Å². The molecule has 198 valence electrons. The molecule has 2 aromatic carbocycles. The number of hydrogen-bond acceptors (Lipinski definition) is 4. The van der Waals surface area contributed by atoms with Gasteiger partial charge in [0.25, 0.3) is 5.91 Å². The third-order valence-corrected chi connectivity index (χ3v) is 7.78. The van der Waals surface area contributed by atoms with Gasteiger partial charge in [0.05, 0.1) is 10.5 Å². The van der Waals surface area contributed by atoms with Crippen LogP contribution in [-0.2, 0) is 27.5 Å². The van der Waals surface area contributed by atoms with E-state index in [2.05, 4.69) is 5.32 Å². The largest absolute Gasteiger partial charge is 0.416 e. The van der Waals surface area contributed by atoms with Crippen LogP contribution in [0.3, 0.4) is 0 Å². The van der Waals surface area contributed by atoms with Crippen molar-refractivity contribution in [2.45, 2.75) is 44.3 Å². The second-order valence-electron chi connectivity index (χ2n) is 9.66. The van der Waals surface area contributed by atoms with E-state index in [9.17, 15) is 31.2 Å². The Hall–Kier alpha value is -2.92. The lowest BCUT2D eigenvalue weighted by molar-refractivity contribution is -0.137. The van der Waals surface area contributed by atoms with E-state index in [-0.39, 0.29) is 24.2 Å². The van der Waals surface area contributed by atoms with Gasteiger partial charge >= 0.3 is 6.18 Å². The molecule has 2 heterocycles. The number of halogens is 3. The fraction of sp³-hybridized carbons (Fsp3) is 0.440. The summed E-state index contributed by atoms with van der Waals surface area (Å²) in [7, 11) is -3.49. The summed E-state index contributed by atoms with van der Waals surface area (Å²) in [5.74, 6) is -0.0708. The van der Waals surface area contributed by atoms with Crippen molar-refractivity contribution >= 4 is 22.3 Å². The maximum atomic E-state index is 12.6. The van der Waals surface area contributed by atoms with Crippen LogP contribution in [0.15, 0.2) is 53.4 Å². The van der Waals surface area contributed by atoms with Crippen molar-refractivity contribution in [3.05, 3.63) is 65.2 Å². The van der Waals surface area contributed by atoms with Crippen molar-refractivity contribution in [2.75, 3.05) is 26.2 Å². The summed E-state index contributed by atoms with van der Waals surface area (Å²) in [6.45, 7) is 6.91. The average Bonchev–Trinajstić information content (AvgIpc) is 3.36. The monoisotopic (exact) mass is 527 g/mol. The van der Waals surface area contributed by atoms with E-state index in [1.807, 2.05) is 13.8 Å². The van der Waals surface area contributed by atoms with Crippen molar-refractivity contribution in [2.24, 2.45) is 5.41 Å². The number of carbonyl (C=O) groups excluding carboxylic acids is 2. The van der Waals surface area contributed by atoms with Crippen molar-refractivity contribution in [3.63, 3.8) is 0 Å². The molecule has 0 unspecified atom stereocenters. The molecule has 2 aliphatic heterocycles. The van der Waals surface area contributed by atoms with Gasteiger partial charge in [-0.15, -0.1) is 0 Å². The lowest BCUT2D eigenvalue weighted by Crippen LogP contribution is -2.55. The highest BCUT2D eigenvalue weighted by Gasteiger charge is 2.42. The maximum Gasteiger partial charge on any atom is 0.416 e. The number of likely N-dealkylation sites (tertiary alicyclic amines) is 1. The first-order chi connectivity index (χ1) is 16.8. The predicted octanol–water partition coefficient (Wildman–Crippen LogP) is 4.15. The minimum Gasteiger partial charge on any atom is -0.355 e. The Labute approximate surface area is 210 Å². The van der Waals surface area contributed by atoms with Crippen molar-refractivity contribution in [1.29, 1.82) is 0 Å². The van der Waals surface area contributed by atoms with Crippen LogP contribution in [0.5, 0.6) is 0 Å². The Bertz CT molecular complexity index is 1170. The summed E-state index contributed by atoms with van der Waals surface area (Å²) in [5, 5.41) is 2.36. The zero-order valence-electron chi connectivity index (χ0n) is 20.2. The molecule has 2 saturated heterocycles. The highest BCUT2D eigenvalue weighted by Crippen LogP contribution is 2.34. The van der Waals surface area contributed by atoms with Crippen LogP contribution in [0.4, 0.5) is 13.2 Å². The van der Waals surface area contributed by atoms with E-state index in [0.29, 0.717) is 30.6 Å². The van der Waals surface area contributed by atoms with Crippen molar-refractivity contribution in [3.8, 4) is 0 Å². The van der Waals surface area contributed by atoms with E-state index in [0.717, 1.165) is 38.1 Å². The number of amides is 2. The first-order valence-corrected chi connectivity index (χ1v) is 13.0. The van der Waals surface area contributed by atoms with Gasteiger partial charge in [0.2, 0.25) is 16.4 Å². The Balaban J connectivity index is 0.000000280. The molecule has 1 N–H and O–H groups in total. The molecule has 2 aliphatic rings. The summed E-state index contributed by atoms with van der Waals surface area (Å²) in [4.78, 5) is 24.3. The van der Waals surface area contributed by atoms with Crippen LogP contribution in [-0.4, -0.2) is 56.1 Å². The number of sulfonamides is 1. The SMILES string of the molecule is CC1(C)CN(S(=O)(=O)c2cccc(C(=O)N3CCCC3)c2)C1.O=CNCc1ccc(C(F)(F)F)cc1.[HH]. The molecule has 11 heteroatoms. The second kappa shape index (κ2) is 11.0. The fourth-order valence-electron chi connectivity index (χ4n) is 4.09. The number of nitrogens with zero attached hydrogens (tertiary/aromatic N) is 2. The predicted molar refractivity (Wildman–Crippen MR) is 131 cm³/mol. The van der Waals surface area contributed by atoms with E-state index in [4.69, 9.17) is 0 Å². The number of rotatable bonds is 6. The second-order valence-corrected chi connectivity index (χ2v) is 11.6. The quantitative estimate of drug-likeness (QED) is 0.572. The molecule has 2 amide bonds. The first-order valence-electron chi connectivity index (χ1n) is 11.6. The third kappa shape index (κ3) is 6.85. The van der Waals surface area contributed by atoms with Crippen LogP contribution in [0.25, 0.3) is 0 Å². The van der Waals surface area contributed by atoms with Gasteiger partial charge < -0.3 is 10.2 Å². The smallest absolute Gasteiger partial charge is 0.355 e. The third-order valence-electron chi connectivity index (χ3n) is 5.99. The molecule has 4 rings (SSSR count). The van der Waals surface area contributed by atoms with Gasteiger partial charge in [0.1, 0.15) is 0 Å². The fourth-order valence-corrected chi connectivity index (χ4v) is 5.95. The van der Waals surface area contributed by atoms with E-state index < -0.39 is 21.8 Å². The topological polar surface area (TPSA) is 86.8 Å². The lowest BCUT2D eigenvalue weighted by atomic mass is 9.87. The van der Waals surface area contributed by atoms with Gasteiger partial charge in [-0.2, -0.15) is 17.5 Å². The lowest BCUT2D eigenvalue weighted by Gasteiger charge is -2.44. The summed E-state index contributed by atoms with van der Waals surface area (Å²) in [6, 6.07) is 11.1. The Morgan fingerprint density at radius 3 is 2.22 bits per heavy atom. The highest BCUT2D eigenvalue weighted by molar-refractivity contribution is 7.89. The molecular formula is C25H32F3N3O4S. The van der Waals surface area contributed by atoms with Crippen molar-refractivity contribution < 1.29 is 32.6 Å². The molecule has 36 heavy (non-hydrogen) atoms. The molecule has 0 saturated carbocycles. The van der Waals surface area contributed by atoms with E-state index in [1.165, 1.54) is 22.5 Å². The molecule has 7 nitrogen and oxygen atoms in total. The Morgan fingerprint density at radius 2 is 1.69 bits per heavy atom. The summed E-state index contributed by atoms with van der Waals surface area (Å²) in [6.07, 6.45) is -1.77. The molecule has 0 bridgehead atoms. The van der Waals surface area contributed by atoms with Crippen molar-refractivity contribution in [1.82, 2.24) is 14.5 Å².